The van der Waals surface area contributed by atoms with E-state index in [1.807, 2.05) is 12.3 Å². The number of anilines is 1. The van der Waals surface area contributed by atoms with Gasteiger partial charge in [0.15, 0.2) is 16.6 Å². The van der Waals surface area contributed by atoms with Crippen LogP contribution in [-0.2, 0) is 6.42 Å². The topological polar surface area (TPSA) is 116 Å². The number of nitrogens with one attached hydrogen (secondary N) is 2. The van der Waals surface area contributed by atoms with Crippen LogP contribution in [0.25, 0.3) is 11.0 Å². The number of rotatable bonds is 3. The zero-order chi connectivity index (χ0) is 11.5. The molecule has 0 fully saturated rings. The number of nitrogen functional groups attached to an aromatic ring is 1. The fourth-order valence-electron chi connectivity index (χ4n) is 1.37. The van der Waals surface area contributed by atoms with E-state index in [1.165, 1.54) is 11.8 Å². The van der Waals surface area contributed by atoms with E-state index < -0.39 is 0 Å². The van der Waals surface area contributed by atoms with Crippen molar-refractivity contribution >= 4 is 28.6 Å². The second kappa shape index (κ2) is 4.34. The van der Waals surface area contributed by atoms with E-state index in [0.29, 0.717) is 27.7 Å². The van der Waals surface area contributed by atoms with Gasteiger partial charge in [-0.05, 0) is 6.26 Å². The van der Waals surface area contributed by atoms with Crippen LogP contribution in [0.1, 0.15) is 5.69 Å². The second-order valence-corrected chi connectivity index (χ2v) is 3.71. The summed E-state index contributed by atoms with van der Waals surface area (Å²) >= 11 is 1.40. The van der Waals surface area contributed by atoms with Crippen molar-refractivity contribution < 1.29 is 0 Å². The first-order valence-corrected chi connectivity index (χ1v) is 5.65. The quantitative estimate of drug-likeness (QED) is 0.305. The Hall–Kier alpha value is -1.85. The van der Waals surface area contributed by atoms with Gasteiger partial charge in [-0.25, -0.2) is 15.8 Å². The van der Waals surface area contributed by atoms with Crippen molar-refractivity contribution in [3.05, 3.63) is 5.69 Å². The van der Waals surface area contributed by atoms with Crippen LogP contribution >= 0.6 is 11.8 Å². The summed E-state index contributed by atoms with van der Waals surface area (Å²) in [7, 11) is 0. The van der Waals surface area contributed by atoms with Gasteiger partial charge in [-0.1, -0.05) is 11.8 Å². The number of thioether (sulfide) groups is 1. The number of nitrogens with zero attached hydrogens (tertiary/aromatic N) is 4. The molecule has 82 valence electrons. The molecule has 0 amide bonds. The Morgan fingerprint density at radius 3 is 3.00 bits per heavy atom. The van der Waals surface area contributed by atoms with Crippen LogP contribution in [0.2, 0.25) is 0 Å². The smallest absolute Gasteiger partial charge is 0.191 e. The first-order valence-electron chi connectivity index (χ1n) is 4.42. The Morgan fingerprint density at radius 2 is 2.38 bits per heavy atom. The van der Waals surface area contributed by atoms with Gasteiger partial charge in [-0.3, -0.25) is 5.10 Å². The third kappa shape index (κ3) is 1.66. The summed E-state index contributed by atoms with van der Waals surface area (Å²) in [6.45, 7) is 0. The van der Waals surface area contributed by atoms with Gasteiger partial charge in [0.25, 0.3) is 0 Å². The summed E-state index contributed by atoms with van der Waals surface area (Å²) < 4.78 is 0. The number of hydrogen-bond donors (Lipinski definition) is 3. The van der Waals surface area contributed by atoms with E-state index in [1.54, 1.807) is 0 Å². The molecule has 7 nitrogen and oxygen atoms in total. The number of fused-ring (bicyclic) bond motifs is 1. The summed E-state index contributed by atoms with van der Waals surface area (Å²) in [5.74, 6) is 5.87. The lowest BCUT2D eigenvalue weighted by molar-refractivity contribution is 0.976. The lowest BCUT2D eigenvalue weighted by Gasteiger charge is -2.03. The summed E-state index contributed by atoms with van der Waals surface area (Å²) in [6.07, 6.45) is 2.08. The maximum atomic E-state index is 8.67. The number of hydrazine groups is 1. The van der Waals surface area contributed by atoms with Gasteiger partial charge in [0, 0.05) is 0 Å². The molecule has 2 aromatic rings. The summed E-state index contributed by atoms with van der Waals surface area (Å²) in [4.78, 5) is 8.41. The molecular formula is C8H9N7S. The number of nitriles is 1. The van der Waals surface area contributed by atoms with Crippen LogP contribution in [0, 0.1) is 11.3 Å². The highest BCUT2D eigenvalue weighted by molar-refractivity contribution is 7.98. The molecule has 0 aliphatic carbocycles. The molecule has 0 radical (unpaired) electrons. The van der Waals surface area contributed by atoms with E-state index in [0.717, 1.165) is 0 Å². The van der Waals surface area contributed by atoms with E-state index in [-0.39, 0.29) is 6.42 Å². The van der Waals surface area contributed by atoms with E-state index >= 15 is 0 Å². The van der Waals surface area contributed by atoms with Crippen LogP contribution in [0.15, 0.2) is 5.16 Å². The minimum atomic E-state index is 0.215. The minimum absolute atomic E-state index is 0.215. The average molecular weight is 235 g/mol. The van der Waals surface area contributed by atoms with Crippen molar-refractivity contribution in [3.63, 3.8) is 0 Å². The molecule has 0 aliphatic rings. The Morgan fingerprint density at radius 1 is 1.56 bits per heavy atom. The Bertz CT molecular complexity index is 555. The van der Waals surface area contributed by atoms with Crippen LogP contribution < -0.4 is 11.3 Å². The fraction of sp³-hybridized carbons (Fsp3) is 0.250. The molecular weight excluding hydrogens is 226 g/mol. The Labute approximate surface area is 95.4 Å². The van der Waals surface area contributed by atoms with Crippen molar-refractivity contribution in [1.29, 1.82) is 5.26 Å². The number of H-pyrrole nitrogens is 1. The number of hydrogen-bond acceptors (Lipinski definition) is 7. The van der Waals surface area contributed by atoms with E-state index in [2.05, 4.69) is 25.6 Å². The van der Waals surface area contributed by atoms with Crippen molar-refractivity contribution in [2.75, 3.05) is 11.7 Å². The number of aromatic nitrogens is 4. The largest absolute Gasteiger partial charge is 0.308 e. The summed E-state index contributed by atoms with van der Waals surface area (Å²) in [5, 5.41) is 16.7. The van der Waals surface area contributed by atoms with Gasteiger partial charge in [0.05, 0.1) is 23.6 Å². The first-order chi connectivity index (χ1) is 7.80. The summed E-state index contributed by atoms with van der Waals surface area (Å²) in [6, 6.07) is 2.04. The zero-order valence-corrected chi connectivity index (χ0v) is 9.30. The molecule has 4 N–H and O–H groups in total. The van der Waals surface area contributed by atoms with Crippen molar-refractivity contribution in [2.24, 2.45) is 5.84 Å². The van der Waals surface area contributed by atoms with Gasteiger partial charge in [-0.15, -0.1) is 0 Å². The standard InChI is InChI=1S/C8H9N7S/c1-16-8-11-6(13-10)5-4(2-3-9)14-15-7(5)12-8/h2,10H2,1H3,(H2,11,12,13,14,15). The molecule has 2 rings (SSSR count). The highest BCUT2D eigenvalue weighted by atomic mass is 32.2. The van der Waals surface area contributed by atoms with Crippen LogP contribution in [0.5, 0.6) is 0 Å². The maximum absolute atomic E-state index is 8.67. The Kier molecular flexibility index (Phi) is 2.89. The lowest BCUT2D eigenvalue weighted by atomic mass is 10.2. The Balaban J connectivity index is 2.68. The predicted molar refractivity (Wildman–Crippen MR) is 60.6 cm³/mol. The van der Waals surface area contributed by atoms with Crippen molar-refractivity contribution in [3.8, 4) is 6.07 Å². The molecule has 0 aliphatic heterocycles. The van der Waals surface area contributed by atoms with Crippen molar-refractivity contribution in [1.82, 2.24) is 20.2 Å². The average Bonchev–Trinajstić information content (AvgIpc) is 2.72. The molecule has 0 saturated heterocycles. The molecule has 0 unspecified atom stereocenters. The molecule has 2 aromatic heterocycles. The fourth-order valence-corrected chi connectivity index (χ4v) is 1.73. The molecule has 2 heterocycles. The van der Waals surface area contributed by atoms with Crippen LogP contribution in [0.3, 0.4) is 0 Å². The van der Waals surface area contributed by atoms with Gasteiger partial charge in [0.1, 0.15) is 0 Å². The predicted octanol–water partition coefficient (Wildman–Crippen LogP) is 0.426. The monoisotopic (exact) mass is 235 g/mol. The third-order valence-corrected chi connectivity index (χ3v) is 2.59. The van der Waals surface area contributed by atoms with Crippen LogP contribution in [0.4, 0.5) is 5.82 Å². The molecule has 0 atom stereocenters. The highest BCUT2D eigenvalue weighted by Gasteiger charge is 2.13. The van der Waals surface area contributed by atoms with Crippen molar-refractivity contribution in [2.45, 2.75) is 11.6 Å². The molecule has 0 bridgehead atoms. The highest BCUT2D eigenvalue weighted by Crippen LogP contribution is 2.24. The van der Waals surface area contributed by atoms with Gasteiger partial charge < -0.3 is 5.43 Å². The SMILES string of the molecule is CSc1nc(NN)c2c(CC#N)[nH]nc2n1. The normalized spacial score (nSPS) is 10.3. The van der Waals surface area contributed by atoms with Gasteiger partial charge >= 0.3 is 0 Å². The lowest BCUT2D eigenvalue weighted by Crippen LogP contribution is -2.10. The molecule has 8 heteroatoms. The minimum Gasteiger partial charge on any atom is -0.308 e. The second-order valence-electron chi connectivity index (χ2n) is 2.94. The van der Waals surface area contributed by atoms with E-state index in [4.69, 9.17) is 11.1 Å². The molecule has 0 aromatic carbocycles. The van der Waals surface area contributed by atoms with E-state index in [9.17, 15) is 0 Å². The van der Waals surface area contributed by atoms with Crippen LogP contribution in [-0.4, -0.2) is 26.4 Å². The number of aromatic amines is 1. The van der Waals surface area contributed by atoms with Gasteiger partial charge in [-0.2, -0.15) is 10.4 Å². The number of nitrogens with two attached hydrogens (primary N) is 1. The van der Waals surface area contributed by atoms with Gasteiger partial charge in [0.2, 0.25) is 0 Å². The molecule has 16 heavy (non-hydrogen) atoms. The summed E-state index contributed by atoms with van der Waals surface area (Å²) in [5.41, 5.74) is 3.67. The maximum Gasteiger partial charge on any atom is 0.191 e. The zero-order valence-electron chi connectivity index (χ0n) is 8.48. The molecule has 0 saturated carbocycles. The molecule has 0 spiro atoms. The third-order valence-electron chi connectivity index (χ3n) is 2.04. The first kappa shape index (κ1) is 10.7.